The highest BCUT2D eigenvalue weighted by molar-refractivity contribution is 5.93. The molecule has 0 unspecified atom stereocenters. The fourth-order valence-electron chi connectivity index (χ4n) is 3.19. The molecular formula is C26H35N7O2. The van der Waals surface area contributed by atoms with Crippen LogP contribution in [0.2, 0.25) is 0 Å². The van der Waals surface area contributed by atoms with Crippen LogP contribution in [-0.2, 0) is 0 Å². The second-order valence-corrected chi connectivity index (χ2v) is 7.67. The molecule has 3 N–H and O–H groups in total. The lowest BCUT2D eigenvalue weighted by Crippen LogP contribution is -2.26. The first-order valence-corrected chi connectivity index (χ1v) is 11.7. The van der Waals surface area contributed by atoms with E-state index in [4.69, 9.17) is 10.5 Å². The minimum atomic E-state index is -0.502. The zero-order valence-electron chi connectivity index (χ0n) is 20.8. The maximum absolute atomic E-state index is 11.4. The van der Waals surface area contributed by atoms with Crippen LogP contribution in [0.25, 0.3) is 0 Å². The highest BCUT2D eigenvalue weighted by atomic mass is 16.5. The largest absolute Gasteiger partial charge is 0.477 e. The Balaban J connectivity index is 2.23. The number of amides is 1. The molecule has 9 heteroatoms. The van der Waals surface area contributed by atoms with Crippen LogP contribution in [0.5, 0.6) is 5.88 Å². The van der Waals surface area contributed by atoms with Gasteiger partial charge in [-0.15, -0.1) is 0 Å². The molecule has 0 aliphatic rings. The molecule has 0 aliphatic heterocycles. The van der Waals surface area contributed by atoms with Crippen molar-refractivity contribution in [1.82, 2.24) is 9.97 Å². The number of aliphatic imine (C=N–C) groups is 1. The van der Waals surface area contributed by atoms with Gasteiger partial charge in [-0.05, 0) is 50.8 Å². The molecule has 2 aromatic rings. The number of primary amides is 1. The first kappa shape index (κ1) is 27.2. The topological polar surface area (TPSA) is 118 Å². The van der Waals surface area contributed by atoms with Gasteiger partial charge in [0, 0.05) is 36.8 Å². The zero-order chi connectivity index (χ0) is 25.5. The Kier molecular flexibility index (Phi) is 11.7. The number of allylic oxidation sites excluding steroid dienone is 3. The lowest BCUT2D eigenvalue weighted by atomic mass is 10.2. The second-order valence-electron chi connectivity index (χ2n) is 7.67. The minimum Gasteiger partial charge on any atom is -0.477 e. The lowest BCUT2D eigenvalue weighted by molar-refractivity contribution is 0.100. The molecule has 0 spiro atoms. The van der Waals surface area contributed by atoms with Crippen molar-refractivity contribution >= 4 is 30.3 Å². The molecule has 0 bridgehead atoms. The number of rotatable bonds is 15. The highest BCUT2D eigenvalue weighted by Gasteiger charge is 2.11. The van der Waals surface area contributed by atoms with Crippen molar-refractivity contribution in [3.8, 4) is 5.88 Å². The number of benzene rings is 1. The molecule has 1 heterocycles. The van der Waals surface area contributed by atoms with E-state index in [1.165, 1.54) is 6.21 Å². The van der Waals surface area contributed by atoms with E-state index >= 15 is 0 Å². The van der Waals surface area contributed by atoms with Crippen LogP contribution in [0.3, 0.4) is 0 Å². The van der Waals surface area contributed by atoms with Gasteiger partial charge in [0.1, 0.15) is 5.82 Å². The number of carbonyl (C=O) groups excluding carboxylic acids is 1. The van der Waals surface area contributed by atoms with E-state index in [9.17, 15) is 4.79 Å². The first-order chi connectivity index (χ1) is 17.0. The molecule has 186 valence electrons. The zero-order valence-corrected chi connectivity index (χ0v) is 20.8. The SMILES string of the molecule is C=N/C(=C\C=C/C)CCOc1cc(N(CCC)CCC)nc(/C=N/Nc2cccc(C(N)=O)c2)n1. The van der Waals surface area contributed by atoms with Crippen LogP contribution in [0.1, 0.15) is 56.2 Å². The number of hydrazone groups is 1. The molecule has 1 amide bonds. The van der Waals surface area contributed by atoms with Crippen LogP contribution in [-0.4, -0.2) is 48.5 Å². The number of nitrogens with zero attached hydrogens (tertiary/aromatic N) is 5. The van der Waals surface area contributed by atoms with Gasteiger partial charge in [-0.2, -0.15) is 10.1 Å². The number of ether oxygens (including phenoxy) is 1. The van der Waals surface area contributed by atoms with Crippen LogP contribution >= 0.6 is 0 Å². The molecule has 0 fully saturated rings. The summed E-state index contributed by atoms with van der Waals surface area (Å²) in [6, 6.07) is 8.63. The molecule has 1 aromatic carbocycles. The summed E-state index contributed by atoms with van der Waals surface area (Å²) < 4.78 is 5.95. The Morgan fingerprint density at radius 3 is 2.66 bits per heavy atom. The van der Waals surface area contributed by atoms with Crippen LogP contribution in [0.15, 0.2) is 64.4 Å². The Morgan fingerprint density at radius 1 is 1.23 bits per heavy atom. The van der Waals surface area contributed by atoms with Gasteiger partial charge in [0.25, 0.3) is 0 Å². The van der Waals surface area contributed by atoms with Crippen molar-refractivity contribution in [3.05, 3.63) is 65.6 Å². The van der Waals surface area contributed by atoms with Gasteiger partial charge < -0.3 is 15.4 Å². The average Bonchev–Trinajstić information content (AvgIpc) is 2.86. The van der Waals surface area contributed by atoms with Crippen LogP contribution < -0.4 is 20.8 Å². The molecule has 35 heavy (non-hydrogen) atoms. The lowest BCUT2D eigenvalue weighted by Gasteiger charge is -2.23. The molecule has 2 rings (SSSR count). The average molecular weight is 478 g/mol. The van der Waals surface area contributed by atoms with E-state index in [0.29, 0.717) is 36.0 Å². The van der Waals surface area contributed by atoms with Gasteiger partial charge in [0.15, 0.2) is 5.82 Å². The number of nitrogens with one attached hydrogen (secondary N) is 1. The van der Waals surface area contributed by atoms with Crippen molar-refractivity contribution in [2.75, 3.05) is 30.0 Å². The number of anilines is 2. The Morgan fingerprint density at radius 2 is 2.00 bits per heavy atom. The molecule has 0 radical (unpaired) electrons. The van der Waals surface area contributed by atoms with Gasteiger partial charge in [0.2, 0.25) is 11.8 Å². The van der Waals surface area contributed by atoms with E-state index in [2.05, 4.69) is 51.0 Å². The maximum atomic E-state index is 11.4. The molecule has 1 aromatic heterocycles. The summed E-state index contributed by atoms with van der Waals surface area (Å²) in [4.78, 5) is 26.8. The summed E-state index contributed by atoms with van der Waals surface area (Å²) in [7, 11) is 0. The van der Waals surface area contributed by atoms with Crippen molar-refractivity contribution in [2.45, 2.75) is 40.0 Å². The molecule has 0 saturated heterocycles. The number of hydrogen-bond acceptors (Lipinski definition) is 8. The third-order valence-corrected chi connectivity index (χ3v) is 4.83. The highest BCUT2D eigenvalue weighted by Crippen LogP contribution is 2.19. The van der Waals surface area contributed by atoms with E-state index in [-0.39, 0.29) is 0 Å². The summed E-state index contributed by atoms with van der Waals surface area (Å²) in [5.74, 6) is 1.14. The van der Waals surface area contributed by atoms with Crippen molar-refractivity contribution in [1.29, 1.82) is 0 Å². The predicted octanol–water partition coefficient (Wildman–Crippen LogP) is 4.58. The predicted molar refractivity (Wildman–Crippen MR) is 144 cm³/mol. The number of carbonyl (C=O) groups is 1. The number of hydrogen-bond donors (Lipinski definition) is 2. The fraction of sp³-hybridized carbons (Fsp3) is 0.346. The minimum absolute atomic E-state index is 0.394. The Hall–Kier alpha value is -4.01. The van der Waals surface area contributed by atoms with Crippen LogP contribution in [0, 0.1) is 0 Å². The van der Waals surface area contributed by atoms with E-state index in [0.717, 1.165) is 37.4 Å². The van der Waals surface area contributed by atoms with Gasteiger partial charge in [-0.3, -0.25) is 15.2 Å². The van der Waals surface area contributed by atoms with E-state index in [1.807, 2.05) is 31.2 Å². The second kappa shape index (κ2) is 15.0. The van der Waals surface area contributed by atoms with Crippen molar-refractivity contribution in [2.24, 2.45) is 15.8 Å². The summed E-state index contributed by atoms with van der Waals surface area (Å²) >= 11 is 0. The van der Waals surface area contributed by atoms with E-state index in [1.54, 1.807) is 24.3 Å². The molecule has 0 aliphatic carbocycles. The molecule has 0 saturated carbocycles. The summed E-state index contributed by atoms with van der Waals surface area (Å²) in [5, 5.41) is 4.24. The normalized spacial score (nSPS) is 11.7. The Labute approximate surface area is 207 Å². The van der Waals surface area contributed by atoms with Gasteiger partial charge in [-0.1, -0.05) is 32.1 Å². The van der Waals surface area contributed by atoms with Gasteiger partial charge >= 0.3 is 0 Å². The third-order valence-electron chi connectivity index (χ3n) is 4.83. The summed E-state index contributed by atoms with van der Waals surface area (Å²) in [6.45, 7) is 12.0. The Bertz CT molecular complexity index is 1060. The molecular weight excluding hydrogens is 442 g/mol. The van der Waals surface area contributed by atoms with Crippen molar-refractivity contribution in [3.63, 3.8) is 0 Å². The summed E-state index contributed by atoms with van der Waals surface area (Å²) in [6.07, 6.45) is 9.86. The first-order valence-electron chi connectivity index (χ1n) is 11.7. The summed E-state index contributed by atoms with van der Waals surface area (Å²) in [5.41, 5.74) is 10.1. The number of aromatic nitrogens is 2. The standard InChI is InChI=1S/C26H35N7O2/c1-5-8-11-21(28-4)13-16-35-25-18-24(33(14-6-2)15-7-3)30-23(31-25)19-29-32-22-12-9-10-20(17-22)26(27)34/h5,8-12,17-19,32H,4,6-7,13-16H2,1-3H3,(H2,27,34)/b8-5-,21-11-,29-19+. The smallest absolute Gasteiger partial charge is 0.248 e. The fourth-order valence-corrected chi connectivity index (χ4v) is 3.19. The van der Waals surface area contributed by atoms with E-state index < -0.39 is 5.91 Å². The molecule has 9 nitrogen and oxygen atoms in total. The molecule has 0 atom stereocenters. The monoisotopic (exact) mass is 477 g/mol. The van der Waals surface area contributed by atoms with Gasteiger partial charge in [0.05, 0.1) is 18.5 Å². The quantitative estimate of drug-likeness (QED) is 0.220. The maximum Gasteiger partial charge on any atom is 0.248 e. The van der Waals surface area contributed by atoms with Crippen LogP contribution in [0.4, 0.5) is 11.5 Å². The number of nitrogens with two attached hydrogens (primary N) is 1. The third kappa shape index (κ3) is 9.40. The van der Waals surface area contributed by atoms with Gasteiger partial charge in [-0.25, -0.2) is 4.98 Å². The van der Waals surface area contributed by atoms with Crippen molar-refractivity contribution < 1.29 is 9.53 Å².